The number of benzene rings is 3. The first kappa shape index (κ1) is 19.8. The second-order valence-corrected chi connectivity index (χ2v) is 7.75. The highest BCUT2D eigenvalue weighted by Gasteiger charge is 2.26. The molecule has 0 radical (unpaired) electrons. The fraction of sp³-hybridized carbons (Fsp3) is 0.240. The van der Waals surface area contributed by atoms with Gasteiger partial charge in [0.15, 0.2) is 0 Å². The number of phenols is 1. The summed E-state index contributed by atoms with van der Waals surface area (Å²) in [7, 11) is 0. The number of aromatic hydroxyl groups is 1. The van der Waals surface area contributed by atoms with Crippen LogP contribution in [0.1, 0.15) is 34.6 Å². The number of carbonyl (C=O) groups is 1. The van der Waals surface area contributed by atoms with E-state index in [1.807, 2.05) is 44.2 Å². The molecule has 154 valence electrons. The quantitative estimate of drug-likeness (QED) is 0.590. The Morgan fingerprint density at radius 2 is 1.87 bits per heavy atom. The van der Waals surface area contributed by atoms with Crippen LogP contribution in [0.4, 0.5) is 0 Å². The number of hydrogen-bond donors (Lipinski definition) is 2. The number of fused-ring (bicyclic) bond motifs is 1. The highest BCUT2D eigenvalue weighted by molar-refractivity contribution is 5.72. The van der Waals surface area contributed by atoms with E-state index < -0.39 is 5.97 Å². The van der Waals surface area contributed by atoms with Crippen LogP contribution in [0.25, 0.3) is 11.1 Å². The normalized spacial score (nSPS) is 14.8. The minimum Gasteiger partial charge on any atom is -0.508 e. The molecule has 1 aliphatic heterocycles. The smallest absolute Gasteiger partial charge is 0.304 e. The first-order valence-corrected chi connectivity index (χ1v) is 9.91. The summed E-state index contributed by atoms with van der Waals surface area (Å²) in [6, 6.07) is 17.3. The van der Waals surface area contributed by atoms with E-state index in [1.54, 1.807) is 12.1 Å². The highest BCUT2D eigenvalue weighted by atomic mass is 16.5. The maximum atomic E-state index is 11.0. The first-order valence-electron chi connectivity index (χ1n) is 9.91. The van der Waals surface area contributed by atoms with Crippen molar-refractivity contribution in [3.8, 4) is 28.4 Å². The third-order valence-corrected chi connectivity index (χ3v) is 5.42. The average molecular weight is 404 g/mol. The number of aryl methyl sites for hydroxylation is 2. The molecule has 0 saturated carbocycles. The SMILES string of the molecule is Cc1cc(O)cc(C)c1-c1cccc(COc2ccc3c(c2)OCC3CC(=O)O)c1. The Balaban J connectivity index is 1.49. The summed E-state index contributed by atoms with van der Waals surface area (Å²) in [4.78, 5) is 11.0. The zero-order valence-corrected chi connectivity index (χ0v) is 17.0. The summed E-state index contributed by atoms with van der Waals surface area (Å²) in [5, 5.41) is 18.8. The Morgan fingerprint density at radius 3 is 2.60 bits per heavy atom. The van der Waals surface area contributed by atoms with Gasteiger partial charge in [0, 0.05) is 17.5 Å². The maximum Gasteiger partial charge on any atom is 0.304 e. The van der Waals surface area contributed by atoms with E-state index in [4.69, 9.17) is 14.6 Å². The maximum absolute atomic E-state index is 11.0. The molecule has 0 aromatic heterocycles. The molecule has 1 atom stereocenters. The van der Waals surface area contributed by atoms with Gasteiger partial charge in [-0.3, -0.25) is 4.79 Å². The van der Waals surface area contributed by atoms with Crippen molar-refractivity contribution in [3.63, 3.8) is 0 Å². The summed E-state index contributed by atoms with van der Waals surface area (Å²) in [5.74, 6) is 0.725. The molecule has 0 amide bonds. The standard InChI is InChI=1S/C25H24O5/c1-15-8-20(26)9-16(2)25(15)18-5-3-4-17(10-18)13-29-21-6-7-22-19(11-24(27)28)14-30-23(22)12-21/h3-10,12,19,26H,11,13-14H2,1-2H3,(H,27,28). The van der Waals surface area contributed by atoms with Crippen molar-refractivity contribution in [1.29, 1.82) is 0 Å². The monoisotopic (exact) mass is 404 g/mol. The molecular weight excluding hydrogens is 380 g/mol. The van der Waals surface area contributed by atoms with Gasteiger partial charge in [0.05, 0.1) is 13.0 Å². The highest BCUT2D eigenvalue weighted by Crippen LogP contribution is 2.38. The van der Waals surface area contributed by atoms with Crippen LogP contribution >= 0.6 is 0 Å². The summed E-state index contributed by atoms with van der Waals surface area (Å²) in [6.45, 7) is 4.78. The van der Waals surface area contributed by atoms with Gasteiger partial charge in [-0.25, -0.2) is 0 Å². The van der Waals surface area contributed by atoms with Crippen molar-refractivity contribution in [1.82, 2.24) is 0 Å². The van der Waals surface area contributed by atoms with E-state index in [-0.39, 0.29) is 18.1 Å². The van der Waals surface area contributed by atoms with E-state index >= 15 is 0 Å². The number of ether oxygens (including phenoxy) is 2. The van der Waals surface area contributed by atoms with Gasteiger partial charge in [0.2, 0.25) is 0 Å². The second kappa shape index (κ2) is 8.11. The number of carboxylic acid groups (broad SMARTS) is 1. The molecule has 1 heterocycles. The molecule has 5 nitrogen and oxygen atoms in total. The van der Waals surface area contributed by atoms with Gasteiger partial charge in [0.25, 0.3) is 0 Å². The first-order chi connectivity index (χ1) is 14.4. The van der Waals surface area contributed by atoms with Crippen molar-refractivity contribution in [3.05, 3.63) is 76.9 Å². The molecule has 0 spiro atoms. The predicted molar refractivity (Wildman–Crippen MR) is 114 cm³/mol. The summed E-state index contributed by atoms with van der Waals surface area (Å²) >= 11 is 0. The van der Waals surface area contributed by atoms with Crippen LogP contribution in [0.2, 0.25) is 0 Å². The zero-order valence-electron chi connectivity index (χ0n) is 17.0. The summed E-state index contributed by atoms with van der Waals surface area (Å²) < 4.78 is 11.6. The molecule has 0 bridgehead atoms. The molecule has 2 N–H and O–H groups in total. The Hall–Kier alpha value is -3.47. The number of carboxylic acids is 1. The van der Waals surface area contributed by atoms with E-state index in [1.165, 1.54) is 0 Å². The Morgan fingerprint density at radius 1 is 1.10 bits per heavy atom. The summed E-state index contributed by atoms with van der Waals surface area (Å²) in [6.07, 6.45) is 0.0656. The van der Waals surface area contributed by atoms with Crippen LogP contribution in [-0.4, -0.2) is 22.8 Å². The Bertz CT molecular complexity index is 1080. The molecule has 4 rings (SSSR count). The largest absolute Gasteiger partial charge is 0.508 e. The van der Waals surface area contributed by atoms with E-state index in [0.717, 1.165) is 33.4 Å². The molecular formula is C25H24O5. The molecule has 5 heteroatoms. The van der Waals surface area contributed by atoms with Crippen molar-refractivity contribution in [2.45, 2.75) is 32.8 Å². The van der Waals surface area contributed by atoms with Crippen LogP contribution in [0.3, 0.4) is 0 Å². The van der Waals surface area contributed by atoms with Gasteiger partial charge in [-0.2, -0.15) is 0 Å². The third kappa shape index (κ3) is 4.10. The van der Waals surface area contributed by atoms with Crippen molar-refractivity contribution >= 4 is 5.97 Å². The molecule has 1 aliphatic rings. The topological polar surface area (TPSA) is 76.0 Å². The summed E-state index contributed by atoms with van der Waals surface area (Å²) in [5.41, 5.74) is 6.20. The minimum absolute atomic E-state index is 0.0656. The molecule has 3 aromatic rings. The number of hydrogen-bond acceptors (Lipinski definition) is 4. The molecule has 1 unspecified atom stereocenters. The van der Waals surface area contributed by atoms with Crippen molar-refractivity contribution in [2.75, 3.05) is 6.61 Å². The predicted octanol–water partition coefficient (Wildman–Crippen LogP) is 5.21. The second-order valence-electron chi connectivity index (χ2n) is 7.75. The fourth-order valence-electron chi connectivity index (χ4n) is 4.11. The lowest BCUT2D eigenvalue weighted by molar-refractivity contribution is -0.137. The van der Waals surface area contributed by atoms with Crippen LogP contribution < -0.4 is 9.47 Å². The van der Waals surface area contributed by atoms with Gasteiger partial charge in [-0.1, -0.05) is 24.3 Å². The van der Waals surface area contributed by atoms with Gasteiger partial charge in [0.1, 0.15) is 23.9 Å². The van der Waals surface area contributed by atoms with Gasteiger partial charge in [-0.15, -0.1) is 0 Å². The van der Waals surface area contributed by atoms with Crippen LogP contribution in [0, 0.1) is 13.8 Å². The fourth-order valence-corrected chi connectivity index (χ4v) is 4.11. The van der Waals surface area contributed by atoms with E-state index in [0.29, 0.717) is 24.7 Å². The van der Waals surface area contributed by atoms with Gasteiger partial charge < -0.3 is 19.7 Å². The number of phenolic OH excluding ortho intramolecular Hbond substituents is 1. The van der Waals surface area contributed by atoms with Crippen LogP contribution in [0.5, 0.6) is 17.2 Å². The number of aliphatic carboxylic acids is 1. The molecule has 0 saturated heterocycles. The van der Waals surface area contributed by atoms with Crippen molar-refractivity contribution < 1.29 is 24.5 Å². The zero-order chi connectivity index (χ0) is 21.3. The molecule has 0 fully saturated rings. The Kier molecular flexibility index (Phi) is 5.36. The van der Waals surface area contributed by atoms with E-state index in [2.05, 4.69) is 12.1 Å². The van der Waals surface area contributed by atoms with Gasteiger partial charge in [-0.05, 0) is 65.9 Å². The van der Waals surface area contributed by atoms with Crippen LogP contribution in [-0.2, 0) is 11.4 Å². The molecule has 3 aromatic carbocycles. The number of rotatable bonds is 6. The van der Waals surface area contributed by atoms with E-state index in [9.17, 15) is 9.90 Å². The van der Waals surface area contributed by atoms with Crippen molar-refractivity contribution in [2.24, 2.45) is 0 Å². The van der Waals surface area contributed by atoms with Gasteiger partial charge >= 0.3 is 5.97 Å². The lowest BCUT2D eigenvalue weighted by Crippen LogP contribution is -2.07. The Labute approximate surface area is 175 Å². The minimum atomic E-state index is -0.823. The third-order valence-electron chi connectivity index (χ3n) is 5.42. The van der Waals surface area contributed by atoms with Crippen LogP contribution in [0.15, 0.2) is 54.6 Å². The molecule has 0 aliphatic carbocycles. The average Bonchev–Trinajstić information content (AvgIpc) is 3.07. The molecule has 30 heavy (non-hydrogen) atoms. The lowest BCUT2D eigenvalue weighted by atomic mass is 9.94. The lowest BCUT2D eigenvalue weighted by Gasteiger charge is -2.13.